The molecule has 0 unspecified atom stereocenters. The number of hydrazone groups is 1. The maximum absolute atomic E-state index is 12.5. The first-order chi connectivity index (χ1) is 14.3. The first kappa shape index (κ1) is 20.4. The number of rotatable bonds is 10. The van der Waals surface area contributed by atoms with E-state index in [9.17, 15) is 4.79 Å². The molecule has 5 heteroatoms. The maximum atomic E-state index is 12.5. The van der Waals surface area contributed by atoms with Crippen LogP contribution in [-0.2, 0) is 0 Å². The van der Waals surface area contributed by atoms with Gasteiger partial charge in [0.05, 0.1) is 24.1 Å². The van der Waals surface area contributed by atoms with Gasteiger partial charge >= 0.3 is 0 Å². The van der Waals surface area contributed by atoms with Crippen LogP contribution in [0, 0.1) is 0 Å². The van der Waals surface area contributed by atoms with Gasteiger partial charge in [0, 0.05) is 12.4 Å². The van der Waals surface area contributed by atoms with Crippen molar-refractivity contribution in [2.24, 2.45) is 5.10 Å². The number of nitrogens with zero attached hydrogens (tertiary/aromatic N) is 2. The second-order valence-electron chi connectivity index (χ2n) is 6.78. The van der Waals surface area contributed by atoms with Crippen LogP contribution in [0.5, 0.6) is 5.75 Å². The van der Waals surface area contributed by atoms with Crippen LogP contribution in [0.4, 0.5) is 0 Å². The second kappa shape index (κ2) is 10.9. The molecule has 1 heterocycles. The molecular weight excluding hydrogens is 362 g/mol. The van der Waals surface area contributed by atoms with Gasteiger partial charge in [0.15, 0.2) is 0 Å². The third kappa shape index (κ3) is 6.07. The Hall–Kier alpha value is -3.34. The van der Waals surface area contributed by atoms with Crippen molar-refractivity contribution in [2.75, 3.05) is 6.61 Å². The molecule has 0 spiro atoms. The zero-order valence-corrected chi connectivity index (χ0v) is 16.8. The van der Waals surface area contributed by atoms with Crippen LogP contribution >= 0.6 is 0 Å². The van der Waals surface area contributed by atoms with Gasteiger partial charge in [-0.05, 0) is 60.5 Å². The molecular formula is C24H27N3O2. The summed E-state index contributed by atoms with van der Waals surface area (Å²) in [6, 6.07) is 19.0. The number of benzene rings is 2. The fourth-order valence-electron chi connectivity index (χ4n) is 2.98. The number of hydrogen-bond donors (Lipinski definition) is 1. The van der Waals surface area contributed by atoms with E-state index in [1.807, 2.05) is 71.6 Å². The SMILES string of the molecule is CCCCCCOc1ccc(C=NNC(=O)c2ccccc2-n2cccc2)cc1. The highest BCUT2D eigenvalue weighted by Gasteiger charge is 2.10. The number of aromatic nitrogens is 1. The summed E-state index contributed by atoms with van der Waals surface area (Å²) in [6.45, 7) is 2.94. The van der Waals surface area contributed by atoms with E-state index in [4.69, 9.17) is 4.74 Å². The summed E-state index contributed by atoms with van der Waals surface area (Å²) < 4.78 is 7.64. The molecule has 0 bridgehead atoms. The van der Waals surface area contributed by atoms with Gasteiger partial charge in [-0.2, -0.15) is 5.10 Å². The summed E-state index contributed by atoms with van der Waals surface area (Å²) >= 11 is 0. The quantitative estimate of drug-likeness (QED) is 0.294. The van der Waals surface area contributed by atoms with E-state index in [-0.39, 0.29) is 5.91 Å². The molecule has 0 saturated heterocycles. The van der Waals surface area contributed by atoms with Gasteiger partial charge in [0.1, 0.15) is 5.75 Å². The molecule has 0 radical (unpaired) electrons. The summed E-state index contributed by atoms with van der Waals surface area (Å²) in [5, 5.41) is 4.09. The molecule has 3 aromatic rings. The average Bonchev–Trinajstić information content (AvgIpc) is 3.29. The Morgan fingerprint density at radius 1 is 1.00 bits per heavy atom. The molecule has 5 nitrogen and oxygen atoms in total. The van der Waals surface area contributed by atoms with Crippen molar-refractivity contribution in [2.45, 2.75) is 32.6 Å². The Bertz CT molecular complexity index is 916. The van der Waals surface area contributed by atoms with Crippen LogP contribution < -0.4 is 10.2 Å². The van der Waals surface area contributed by atoms with E-state index in [1.165, 1.54) is 19.3 Å². The van der Waals surface area contributed by atoms with Gasteiger partial charge < -0.3 is 9.30 Å². The molecule has 0 fully saturated rings. The summed E-state index contributed by atoms with van der Waals surface area (Å²) in [6.07, 6.45) is 10.2. The number of nitrogens with one attached hydrogen (secondary N) is 1. The van der Waals surface area contributed by atoms with Gasteiger partial charge in [-0.15, -0.1) is 0 Å². The molecule has 0 aliphatic rings. The van der Waals surface area contributed by atoms with E-state index in [0.29, 0.717) is 5.56 Å². The summed E-state index contributed by atoms with van der Waals surface area (Å²) in [5.74, 6) is 0.598. The predicted octanol–water partition coefficient (Wildman–Crippen LogP) is 5.20. The van der Waals surface area contributed by atoms with Crippen LogP contribution in [0.2, 0.25) is 0 Å². The highest BCUT2D eigenvalue weighted by molar-refractivity contribution is 5.98. The lowest BCUT2D eigenvalue weighted by atomic mass is 10.1. The zero-order chi connectivity index (χ0) is 20.3. The van der Waals surface area contributed by atoms with Crippen LogP contribution in [-0.4, -0.2) is 23.3 Å². The van der Waals surface area contributed by atoms with Crippen molar-refractivity contribution >= 4 is 12.1 Å². The summed E-state index contributed by atoms with van der Waals surface area (Å²) in [7, 11) is 0. The first-order valence-electron chi connectivity index (χ1n) is 10.1. The number of carbonyl (C=O) groups excluding carboxylic acids is 1. The number of para-hydroxylation sites is 1. The smallest absolute Gasteiger partial charge is 0.273 e. The zero-order valence-electron chi connectivity index (χ0n) is 16.8. The molecule has 1 amide bonds. The Labute approximate surface area is 172 Å². The Kier molecular flexibility index (Phi) is 7.63. The number of amides is 1. The van der Waals surface area contributed by atoms with Crippen LogP contribution in [0.25, 0.3) is 5.69 Å². The Morgan fingerprint density at radius 3 is 2.52 bits per heavy atom. The molecule has 0 saturated carbocycles. The van der Waals surface area contributed by atoms with Crippen molar-refractivity contribution in [3.05, 3.63) is 84.2 Å². The molecule has 0 atom stereocenters. The van der Waals surface area contributed by atoms with Gasteiger partial charge in [0.25, 0.3) is 5.91 Å². The minimum absolute atomic E-state index is 0.252. The lowest BCUT2D eigenvalue weighted by Gasteiger charge is -2.09. The fraction of sp³-hybridized carbons (Fsp3) is 0.250. The topological polar surface area (TPSA) is 55.6 Å². The fourth-order valence-corrected chi connectivity index (χ4v) is 2.98. The monoisotopic (exact) mass is 389 g/mol. The van der Waals surface area contributed by atoms with Gasteiger partial charge in [-0.3, -0.25) is 4.79 Å². The lowest BCUT2D eigenvalue weighted by molar-refractivity contribution is 0.0955. The van der Waals surface area contributed by atoms with E-state index in [0.717, 1.165) is 30.0 Å². The van der Waals surface area contributed by atoms with Gasteiger partial charge in [-0.25, -0.2) is 5.43 Å². The Balaban J connectivity index is 1.53. The van der Waals surface area contributed by atoms with Crippen molar-refractivity contribution in [3.63, 3.8) is 0 Å². The highest BCUT2D eigenvalue weighted by atomic mass is 16.5. The molecule has 1 aromatic heterocycles. The van der Waals surface area contributed by atoms with E-state index >= 15 is 0 Å². The highest BCUT2D eigenvalue weighted by Crippen LogP contribution is 2.15. The van der Waals surface area contributed by atoms with Crippen molar-refractivity contribution in [1.29, 1.82) is 0 Å². The lowest BCUT2D eigenvalue weighted by Crippen LogP contribution is -2.19. The largest absolute Gasteiger partial charge is 0.494 e. The molecule has 150 valence electrons. The molecule has 29 heavy (non-hydrogen) atoms. The van der Waals surface area contributed by atoms with Gasteiger partial charge in [0.2, 0.25) is 0 Å². The number of hydrogen-bond acceptors (Lipinski definition) is 3. The predicted molar refractivity (Wildman–Crippen MR) is 117 cm³/mol. The second-order valence-corrected chi connectivity index (χ2v) is 6.78. The molecule has 0 aliphatic carbocycles. The number of unbranched alkanes of at least 4 members (excludes halogenated alkanes) is 3. The first-order valence-corrected chi connectivity index (χ1v) is 10.1. The van der Waals surface area contributed by atoms with Crippen molar-refractivity contribution in [3.8, 4) is 11.4 Å². The van der Waals surface area contributed by atoms with Crippen molar-refractivity contribution in [1.82, 2.24) is 9.99 Å². The standard InChI is InChI=1S/C24H27N3O2/c1-2-3-4-9-18-29-21-14-12-20(13-15-21)19-25-26-24(28)22-10-5-6-11-23(22)27-16-7-8-17-27/h5-8,10-17,19H,2-4,9,18H2,1H3,(H,26,28). The van der Waals surface area contributed by atoms with Gasteiger partial charge in [-0.1, -0.05) is 38.3 Å². The third-order valence-electron chi connectivity index (χ3n) is 4.56. The minimum atomic E-state index is -0.252. The molecule has 1 N–H and O–H groups in total. The maximum Gasteiger partial charge on any atom is 0.273 e. The molecule has 2 aromatic carbocycles. The number of carbonyl (C=O) groups is 1. The third-order valence-corrected chi connectivity index (χ3v) is 4.56. The van der Waals surface area contributed by atoms with E-state index in [2.05, 4.69) is 17.5 Å². The normalized spacial score (nSPS) is 10.9. The summed E-state index contributed by atoms with van der Waals surface area (Å²) in [4.78, 5) is 12.5. The van der Waals surface area contributed by atoms with E-state index < -0.39 is 0 Å². The van der Waals surface area contributed by atoms with Crippen LogP contribution in [0.15, 0.2) is 78.2 Å². The summed E-state index contributed by atoms with van der Waals surface area (Å²) in [5.41, 5.74) is 4.87. The minimum Gasteiger partial charge on any atom is -0.494 e. The molecule has 3 rings (SSSR count). The van der Waals surface area contributed by atoms with Crippen LogP contribution in [0.3, 0.4) is 0 Å². The molecule has 0 aliphatic heterocycles. The average molecular weight is 389 g/mol. The van der Waals surface area contributed by atoms with Crippen molar-refractivity contribution < 1.29 is 9.53 Å². The number of ether oxygens (including phenoxy) is 1. The van der Waals surface area contributed by atoms with Crippen LogP contribution in [0.1, 0.15) is 48.5 Å². The Morgan fingerprint density at radius 2 is 1.76 bits per heavy atom. The van der Waals surface area contributed by atoms with E-state index in [1.54, 1.807) is 12.3 Å².